The Morgan fingerprint density at radius 1 is 1.07 bits per heavy atom. The summed E-state index contributed by atoms with van der Waals surface area (Å²) in [5, 5.41) is 0. The lowest BCUT2D eigenvalue weighted by Crippen LogP contribution is -2.19. The van der Waals surface area contributed by atoms with E-state index in [4.69, 9.17) is 19.7 Å². The lowest BCUT2D eigenvalue weighted by atomic mass is 9.85. The van der Waals surface area contributed by atoms with Gasteiger partial charge in [0.25, 0.3) is 7.37 Å². The summed E-state index contributed by atoms with van der Waals surface area (Å²) in [4.78, 5) is 12.6. The number of aryl methyl sites for hydroxylation is 1. The number of ether oxygens (including phenoxy) is 2. The van der Waals surface area contributed by atoms with Crippen molar-refractivity contribution in [2.45, 2.75) is 65.7 Å². The molecular weight excluding hydrogens is 525 g/mol. The first-order chi connectivity index (χ1) is 19.0. The van der Waals surface area contributed by atoms with Gasteiger partial charge in [-0.25, -0.2) is 15.0 Å². The van der Waals surface area contributed by atoms with Crippen molar-refractivity contribution in [2.75, 3.05) is 24.9 Å². The Labute approximate surface area is 236 Å². The molecule has 2 atom stereocenters. The maximum absolute atomic E-state index is 13.9. The van der Waals surface area contributed by atoms with Crippen LogP contribution in [0.3, 0.4) is 0 Å². The van der Waals surface area contributed by atoms with Crippen molar-refractivity contribution < 1.29 is 18.6 Å². The minimum Gasteiger partial charge on any atom is -0.441 e. The van der Waals surface area contributed by atoms with E-state index in [1.54, 1.807) is 18.5 Å². The molecule has 4 rings (SSSR count). The molecule has 2 aromatic carbocycles. The SMILES string of the molecule is Cc1cc(C(C)(C)C)ccc1COCCCP(=O)(CO[C@H](C)Cn1cnc2c(N)ncnc21)Oc1ccccc1. The molecule has 0 fully saturated rings. The van der Waals surface area contributed by atoms with Crippen molar-refractivity contribution in [2.24, 2.45) is 0 Å². The summed E-state index contributed by atoms with van der Waals surface area (Å²) < 4.78 is 33.8. The number of benzene rings is 2. The predicted molar refractivity (Wildman–Crippen MR) is 159 cm³/mol. The van der Waals surface area contributed by atoms with Crippen LogP contribution < -0.4 is 10.3 Å². The van der Waals surface area contributed by atoms with Crippen LogP contribution >= 0.6 is 7.37 Å². The third-order valence-corrected chi connectivity index (χ3v) is 8.79. The second-order valence-corrected chi connectivity index (χ2v) is 13.7. The van der Waals surface area contributed by atoms with Gasteiger partial charge in [-0.2, -0.15) is 0 Å². The summed E-state index contributed by atoms with van der Waals surface area (Å²) in [5.74, 6) is 0.891. The molecule has 10 heteroatoms. The van der Waals surface area contributed by atoms with Gasteiger partial charge in [-0.3, -0.25) is 4.57 Å². The molecule has 9 nitrogen and oxygen atoms in total. The van der Waals surface area contributed by atoms with Crippen molar-refractivity contribution in [1.29, 1.82) is 0 Å². The average Bonchev–Trinajstić information content (AvgIpc) is 3.32. The molecule has 2 heterocycles. The Bertz CT molecular complexity index is 1450. The summed E-state index contributed by atoms with van der Waals surface area (Å²) in [6.07, 6.45) is 3.72. The molecule has 0 saturated carbocycles. The fourth-order valence-electron chi connectivity index (χ4n) is 4.33. The molecule has 2 N–H and O–H groups in total. The lowest BCUT2D eigenvalue weighted by Gasteiger charge is -2.22. The van der Waals surface area contributed by atoms with Crippen LogP contribution in [0, 0.1) is 6.92 Å². The van der Waals surface area contributed by atoms with Crippen molar-refractivity contribution in [3.05, 3.63) is 77.9 Å². The maximum atomic E-state index is 13.9. The summed E-state index contributed by atoms with van der Waals surface area (Å²) >= 11 is 0. The molecule has 214 valence electrons. The topological polar surface area (TPSA) is 114 Å². The fraction of sp³-hybridized carbons (Fsp3) is 0.433. The van der Waals surface area contributed by atoms with E-state index in [-0.39, 0.29) is 17.9 Å². The van der Waals surface area contributed by atoms with Gasteiger partial charge in [-0.05, 0) is 54.5 Å². The molecule has 40 heavy (non-hydrogen) atoms. The molecule has 0 radical (unpaired) electrons. The number of hydrogen-bond acceptors (Lipinski definition) is 8. The van der Waals surface area contributed by atoms with E-state index in [1.807, 2.05) is 29.7 Å². The number of anilines is 1. The molecule has 2 aromatic heterocycles. The molecule has 0 saturated heterocycles. The van der Waals surface area contributed by atoms with E-state index >= 15 is 0 Å². The van der Waals surface area contributed by atoms with Crippen LogP contribution in [-0.4, -0.2) is 44.7 Å². The Balaban J connectivity index is 1.32. The van der Waals surface area contributed by atoms with Crippen LogP contribution in [-0.2, 0) is 32.6 Å². The number of para-hydroxylation sites is 1. The van der Waals surface area contributed by atoms with Gasteiger partial charge in [-0.15, -0.1) is 0 Å². The number of nitrogens with two attached hydrogens (primary N) is 1. The van der Waals surface area contributed by atoms with Crippen molar-refractivity contribution in [1.82, 2.24) is 19.5 Å². The molecule has 0 spiro atoms. The predicted octanol–water partition coefficient (Wildman–Crippen LogP) is 6.34. The van der Waals surface area contributed by atoms with Crippen LogP contribution in [0.1, 0.15) is 50.8 Å². The smallest absolute Gasteiger partial charge is 0.272 e. The van der Waals surface area contributed by atoms with Crippen LogP contribution in [0.2, 0.25) is 0 Å². The number of imidazole rings is 1. The molecule has 0 aliphatic rings. The van der Waals surface area contributed by atoms with Crippen molar-refractivity contribution >= 4 is 24.4 Å². The Hall–Kier alpha value is -3.26. The van der Waals surface area contributed by atoms with Gasteiger partial charge in [0.2, 0.25) is 0 Å². The Kier molecular flexibility index (Phi) is 9.61. The van der Waals surface area contributed by atoms with Crippen molar-refractivity contribution in [3.63, 3.8) is 0 Å². The highest BCUT2D eigenvalue weighted by atomic mass is 31.2. The molecular formula is C30H40N5O4P. The monoisotopic (exact) mass is 565 g/mol. The highest BCUT2D eigenvalue weighted by molar-refractivity contribution is 7.59. The second-order valence-electron chi connectivity index (χ2n) is 11.2. The zero-order valence-electron chi connectivity index (χ0n) is 24.0. The number of aromatic nitrogens is 4. The zero-order valence-corrected chi connectivity index (χ0v) is 24.9. The van der Waals surface area contributed by atoms with E-state index in [1.165, 1.54) is 17.5 Å². The normalized spacial score (nSPS) is 14.2. The summed E-state index contributed by atoms with van der Waals surface area (Å²) in [6.45, 7) is 12.1. The summed E-state index contributed by atoms with van der Waals surface area (Å²) in [7, 11) is -3.16. The third kappa shape index (κ3) is 7.90. The standard InChI is InChI=1S/C30H40N5O4P/c1-22-16-25(30(3,4)5)13-12-24(22)18-37-14-9-15-40(36,39-26-10-7-6-8-11-26)21-38-23(2)17-35-20-34-27-28(31)32-19-33-29(27)35/h6-8,10-13,16,19-20,23H,9,14-15,17-18,21H2,1-5H3,(H2,31,32,33)/t23-,40?/m1/s1. The van der Waals surface area contributed by atoms with Crippen LogP contribution in [0.25, 0.3) is 11.2 Å². The minimum absolute atomic E-state index is 0.0137. The summed E-state index contributed by atoms with van der Waals surface area (Å²) in [6, 6.07) is 15.8. The zero-order chi connectivity index (χ0) is 28.8. The van der Waals surface area contributed by atoms with E-state index < -0.39 is 7.37 Å². The first-order valence-electron chi connectivity index (χ1n) is 13.6. The number of nitrogen functional groups attached to an aromatic ring is 1. The van der Waals surface area contributed by atoms with Gasteiger partial charge in [0.15, 0.2) is 11.5 Å². The van der Waals surface area contributed by atoms with Gasteiger partial charge in [0.05, 0.1) is 25.6 Å². The first-order valence-corrected chi connectivity index (χ1v) is 15.6. The van der Waals surface area contributed by atoms with E-state index in [0.29, 0.717) is 55.1 Å². The van der Waals surface area contributed by atoms with Gasteiger partial charge in [0.1, 0.15) is 23.9 Å². The number of fused-ring (bicyclic) bond motifs is 1. The summed E-state index contributed by atoms with van der Waals surface area (Å²) in [5.41, 5.74) is 10.9. The van der Waals surface area contributed by atoms with Gasteiger partial charge >= 0.3 is 0 Å². The third-order valence-electron chi connectivity index (χ3n) is 6.71. The van der Waals surface area contributed by atoms with Crippen molar-refractivity contribution in [3.8, 4) is 5.75 Å². The van der Waals surface area contributed by atoms with Crippen LogP contribution in [0.4, 0.5) is 5.82 Å². The molecule has 4 aromatic rings. The lowest BCUT2D eigenvalue weighted by molar-refractivity contribution is 0.0824. The average molecular weight is 566 g/mol. The Morgan fingerprint density at radius 3 is 2.58 bits per heavy atom. The molecule has 1 unspecified atom stereocenters. The first kappa shape index (κ1) is 29.7. The highest BCUT2D eigenvalue weighted by Gasteiger charge is 2.26. The number of hydrogen-bond donors (Lipinski definition) is 1. The highest BCUT2D eigenvalue weighted by Crippen LogP contribution is 2.48. The molecule has 0 aliphatic heterocycles. The molecule has 0 amide bonds. The number of rotatable bonds is 13. The maximum Gasteiger partial charge on any atom is 0.272 e. The van der Waals surface area contributed by atoms with E-state index in [9.17, 15) is 4.57 Å². The van der Waals surface area contributed by atoms with Crippen LogP contribution in [0.15, 0.2) is 61.2 Å². The second kappa shape index (κ2) is 12.9. The largest absolute Gasteiger partial charge is 0.441 e. The van der Waals surface area contributed by atoms with E-state index in [2.05, 4.69) is 60.8 Å². The van der Waals surface area contributed by atoms with E-state index in [0.717, 1.165) is 5.56 Å². The minimum atomic E-state index is -3.16. The number of nitrogens with zero attached hydrogens (tertiary/aromatic N) is 4. The quantitative estimate of drug-likeness (QED) is 0.148. The van der Waals surface area contributed by atoms with Gasteiger partial charge < -0.3 is 24.3 Å². The molecule has 0 aliphatic carbocycles. The van der Waals surface area contributed by atoms with Gasteiger partial charge in [0, 0.05) is 12.8 Å². The van der Waals surface area contributed by atoms with Gasteiger partial charge in [-0.1, -0.05) is 57.2 Å². The molecule has 0 bridgehead atoms. The fourth-order valence-corrected chi connectivity index (χ4v) is 6.20. The van der Waals surface area contributed by atoms with Crippen LogP contribution in [0.5, 0.6) is 5.75 Å². The Morgan fingerprint density at radius 2 is 1.85 bits per heavy atom.